The molecular weight excluding hydrogens is 235 g/mol. The van der Waals surface area contributed by atoms with Gasteiger partial charge in [0.25, 0.3) is 5.91 Å². The molecule has 0 atom stereocenters. The van der Waals surface area contributed by atoms with Gasteiger partial charge in [-0.1, -0.05) is 0 Å². The Labute approximate surface area is 105 Å². The normalized spacial score (nSPS) is 22.2. The van der Waals surface area contributed by atoms with Crippen molar-refractivity contribution in [2.45, 2.75) is 18.9 Å². The van der Waals surface area contributed by atoms with Gasteiger partial charge in [-0.25, -0.2) is 4.39 Å². The highest BCUT2D eigenvalue weighted by Crippen LogP contribution is 2.24. The van der Waals surface area contributed by atoms with Crippen LogP contribution in [0.2, 0.25) is 0 Å². The van der Waals surface area contributed by atoms with E-state index in [1.54, 1.807) is 6.07 Å². The molecule has 0 unspecified atom stereocenters. The summed E-state index contributed by atoms with van der Waals surface area (Å²) in [6.07, 6.45) is 1.84. The Hall–Kier alpha value is -1.62. The number of carbonyl (C=O) groups is 1. The van der Waals surface area contributed by atoms with Crippen molar-refractivity contribution in [3.05, 3.63) is 29.6 Å². The van der Waals surface area contributed by atoms with Crippen LogP contribution < -0.4 is 15.8 Å². The lowest BCUT2D eigenvalue weighted by atomic mass is 9.81. The summed E-state index contributed by atoms with van der Waals surface area (Å²) in [7, 11) is 1.45. The maximum absolute atomic E-state index is 13.6. The van der Waals surface area contributed by atoms with Gasteiger partial charge in [-0.05, 0) is 30.9 Å². The molecule has 1 aromatic rings. The van der Waals surface area contributed by atoms with Gasteiger partial charge in [-0.2, -0.15) is 0 Å². The summed E-state index contributed by atoms with van der Waals surface area (Å²) in [6, 6.07) is 4.45. The molecule has 0 radical (unpaired) electrons. The molecule has 1 fully saturated rings. The fourth-order valence-corrected chi connectivity index (χ4v) is 2.09. The van der Waals surface area contributed by atoms with Crippen molar-refractivity contribution in [1.29, 1.82) is 0 Å². The van der Waals surface area contributed by atoms with Gasteiger partial charge >= 0.3 is 0 Å². The monoisotopic (exact) mass is 252 g/mol. The fraction of sp³-hybridized carbons (Fsp3) is 0.462. The lowest BCUT2D eigenvalue weighted by Crippen LogP contribution is -2.42. The number of ether oxygens (including phenoxy) is 1. The zero-order valence-electron chi connectivity index (χ0n) is 10.3. The summed E-state index contributed by atoms with van der Waals surface area (Å²) in [5, 5.41) is 2.72. The van der Waals surface area contributed by atoms with Gasteiger partial charge in [0.05, 0.1) is 12.7 Å². The maximum atomic E-state index is 13.6. The zero-order valence-corrected chi connectivity index (χ0v) is 10.3. The zero-order chi connectivity index (χ0) is 13.1. The first-order valence-electron chi connectivity index (χ1n) is 5.97. The minimum atomic E-state index is -0.572. The molecule has 1 aliphatic carbocycles. The van der Waals surface area contributed by atoms with Crippen LogP contribution in [0.4, 0.5) is 4.39 Å². The molecule has 3 N–H and O–H groups in total. The first-order valence-corrected chi connectivity index (χ1v) is 5.97. The second-order valence-electron chi connectivity index (χ2n) is 4.65. The van der Waals surface area contributed by atoms with Gasteiger partial charge in [0.2, 0.25) is 0 Å². The molecule has 0 aliphatic heterocycles. The second-order valence-corrected chi connectivity index (χ2v) is 4.65. The van der Waals surface area contributed by atoms with Crippen LogP contribution in [0.25, 0.3) is 0 Å². The third-order valence-electron chi connectivity index (χ3n) is 3.24. The lowest BCUT2D eigenvalue weighted by Gasteiger charge is -2.32. The van der Waals surface area contributed by atoms with Crippen molar-refractivity contribution < 1.29 is 13.9 Å². The van der Waals surface area contributed by atoms with E-state index in [0.29, 0.717) is 18.2 Å². The van der Waals surface area contributed by atoms with Crippen LogP contribution in [0.3, 0.4) is 0 Å². The summed E-state index contributed by atoms with van der Waals surface area (Å²) < 4.78 is 18.5. The van der Waals surface area contributed by atoms with Gasteiger partial charge in [-0.15, -0.1) is 0 Å². The Bertz CT molecular complexity index is 445. The summed E-state index contributed by atoms with van der Waals surface area (Å²) in [5.41, 5.74) is 5.70. The van der Waals surface area contributed by atoms with Crippen LogP contribution in [0.1, 0.15) is 23.2 Å². The molecule has 1 aliphatic rings. The average Bonchev–Trinajstić information content (AvgIpc) is 2.32. The van der Waals surface area contributed by atoms with E-state index in [1.165, 1.54) is 19.2 Å². The van der Waals surface area contributed by atoms with E-state index in [2.05, 4.69) is 5.32 Å². The first-order chi connectivity index (χ1) is 8.60. The van der Waals surface area contributed by atoms with Gasteiger partial charge in [0.15, 0.2) is 0 Å². The van der Waals surface area contributed by atoms with Crippen molar-refractivity contribution in [3.63, 3.8) is 0 Å². The average molecular weight is 252 g/mol. The number of nitrogens with one attached hydrogen (secondary N) is 1. The standard InChI is InChI=1S/C13H17FN2O2/c1-18-10-2-3-11(12(14)6-10)13(17)16-7-8-4-9(15)5-8/h2-3,6,8-9H,4-5,7,15H2,1H3,(H,16,17). The number of amides is 1. The lowest BCUT2D eigenvalue weighted by molar-refractivity contribution is 0.0931. The highest BCUT2D eigenvalue weighted by Gasteiger charge is 2.26. The minimum absolute atomic E-state index is 0.0411. The molecule has 0 aromatic heterocycles. The van der Waals surface area contributed by atoms with E-state index in [9.17, 15) is 9.18 Å². The van der Waals surface area contributed by atoms with Crippen LogP contribution in [-0.2, 0) is 0 Å². The van der Waals surface area contributed by atoms with Crippen LogP contribution in [0.15, 0.2) is 18.2 Å². The molecule has 0 saturated heterocycles. The Kier molecular flexibility index (Phi) is 3.81. The Morgan fingerprint density at radius 2 is 2.28 bits per heavy atom. The maximum Gasteiger partial charge on any atom is 0.254 e. The number of hydrogen-bond donors (Lipinski definition) is 2. The molecule has 5 heteroatoms. The largest absolute Gasteiger partial charge is 0.497 e. The third-order valence-corrected chi connectivity index (χ3v) is 3.24. The first kappa shape index (κ1) is 12.8. The molecule has 0 spiro atoms. The van der Waals surface area contributed by atoms with E-state index < -0.39 is 11.7 Å². The van der Waals surface area contributed by atoms with Gasteiger partial charge in [0, 0.05) is 18.7 Å². The summed E-state index contributed by atoms with van der Waals surface area (Å²) in [4.78, 5) is 11.8. The van der Waals surface area contributed by atoms with Gasteiger partial charge in [-0.3, -0.25) is 4.79 Å². The minimum Gasteiger partial charge on any atom is -0.497 e. The number of halogens is 1. The molecule has 18 heavy (non-hydrogen) atoms. The number of hydrogen-bond acceptors (Lipinski definition) is 3. The van der Waals surface area contributed by atoms with Crippen molar-refractivity contribution in [3.8, 4) is 5.75 Å². The topological polar surface area (TPSA) is 64.3 Å². The number of methoxy groups -OCH3 is 1. The fourth-order valence-electron chi connectivity index (χ4n) is 2.09. The van der Waals surface area contributed by atoms with E-state index in [-0.39, 0.29) is 11.6 Å². The number of rotatable bonds is 4. The van der Waals surface area contributed by atoms with Crippen molar-refractivity contribution in [2.75, 3.05) is 13.7 Å². The van der Waals surface area contributed by atoms with Crippen LogP contribution >= 0.6 is 0 Å². The van der Waals surface area contributed by atoms with E-state index in [0.717, 1.165) is 12.8 Å². The quantitative estimate of drug-likeness (QED) is 0.849. The molecule has 0 heterocycles. The summed E-state index contributed by atoms with van der Waals surface area (Å²) >= 11 is 0. The van der Waals surface area contributed by atoms with E-state index in [4.69, 9.17) is 10.5 Å². The van der Waals surface area contributed by atoms with Crippen LogP contribution in [0, 0.1) is 11.7 Å². The molecule has 0 bridgehead atoms. The predicted octanol–water partition coefficient (Wildman–Crippen LogP) is 1.30. The Morgan fingerprint density at radius 1 is 1.56 bits per heavy atom. The molecule has 1 aromatic carbocycles. The second kappa shape index (κ2) is 5.35. The highest BCUT2D eigenvalue weighted by molar-refractivity contribution is 5.94. The number of benzene rings is 1. The number of nitrogens with two attached hydrogens (primary N) is 1. The highest BCUT2D eigenvalue weighted by atomic mass is 19.1. The van der Waals surface area contributed by atoms with Crippen molar-refractivity contribution >= 4 is 5.91 Å². The Morgan fingerprint density at radius 3 is 2.83 bits per heavy atom. The third kappa shape index (κ3) is 2.79. The van der Waals surface area contributed by atoms with Crippen LogP contribution in [-0.4, -0.2) is 25.6 Å². The summed E-state index contributed by atoms with van der Waals surface area (Å²) in [6.45, 7) is 0.554. The molecule has 1 amide bonds. The van der Waals surface area contributed by atoms with Gasteiger partial charge < -0.3 is 15.8 Å². The molecule has 1 saturated carbocycles. The van der Waals surface area contributed by atoms with Crippen molar-refractivity contribution in [2.24, 2.45) is 11.7 Å². The van der Waals surface area contributed by atoms with Crippen molar-refractivity contribution in [1.82, 2.24) is 5.32 Å². The Balaban J connectivity index is 1.92. The number of carbonyl (C=O) groups excluding carboxylic acids is 1. The summed E-state index contributed by atoms with van der Waals surface area (Å²) in [5.74, 6) is -0.146. The predicted molar refractivity (Wildman–Crippen MR) is 66.0 cm³/mol. The molecule has 2 rings (SSSR count). The molecule has 98 valence electrons. The molecular formula is C13H17FN2O2. The molecule has 4 nitrogen and oxygen atoms in total. The SMILES string of the molecule is COc1ccc(C(=O)NCC2CC(N)C2)c(F)c1. The van der Waals surface area contributed by atoms with Crippen LogP contribution in [0.5, 0.6) is 5.75 Å². The smallest absolute Gasteiger partial charge is 0.254 e. The van der Waals surface area contributed by atoms with E-state index >= 15 is 0 Å². The van der Waals surface area contributed by atoms with E-state index in [1.807, 2.05) is 0 Å². The van der Waals surface area contributed by atoms with Gasteiger partial charge in [0.1, 0.15) is 11.6 Å².